The Morgan fingerprint density at radius 2 is 2.28 bits per heavy atom. The number of aromatic nitrogens is 2. The van der Waals surface area contributed by atoms with Crippen LogP contribution in [0.2, 0.25) is 0 Å². The summed E-state index contributed by atoms with van der Waals surface area (Å²) >= 11 is 0. The van der Waals surface area contributed by atoms with E-state index in [4.69, 9.17) is 10.5 Å². The second-order valence-corrected chi connectivity index (χ2v) is 3.86. The molecule has 0 aliphatic rings. The number of hydrogen-bond acceptors (Lipinski definition) is 4. The Hall–Kier alpha value is -1.85. The topological polar surface area (TPSA) is 93.4 Å². The van der Waals surface area contributed by atoms with Gasteiger partial charge in [0.05, 0.1) is 12.9 Å². The van der Waals surface area contributed by atoms with Crippen molar-refractivity contribution in [1.29, 1.82) is 0 Å². The van der Waals surface area contributed by atoms with Crippen LogP contribution in [-0.2, 0) is 4.74 Å². The van der Waals surface area contributed by atoms with Crippen molar-refractivity contribution in [3.05, 3.63) is 12.0 Å². The third kappa shape index (κ3) is 4.20. The van der Waals surface area contributed by atoms with E-state index in [1.54, 1.807) is 0 Å². The highest BCUT2D eigenvalue weighted by molar-refractivity contribution is 5.96. The Balaban J connectivity index is 2.79. The highest BCUT2D eigenvalue weighted by Crippen LogP contribution is 2.15. The van der Waals surface area contributed by atoms with Gasteiger partial charge in [0.1, 0.15) is 0 Å². The second kappa shape index (κ2) is 7.47. The molecule has 0 fully saturated rings. The minimum atomic E-state index is -0.573. The van der Waals surface area contributed by atoms with Gasteiger partial charge in [-0.15, -0.1) is 0 Å². The van der Waals surface area contributed by atoms with Gasteiger partial charge in [0.15, 0.2) is 17.4 Å². The zero-order chi connectivity index (χ0) is 13.4. The summed E-state index contributed by atoms with van der Waals surface area (Å²) in [5, 5.41) is 0. The van der Waals surface area contributed by atoms with Gasteiger partial charge in [-0.05, 0) is 13.3 Å². The van der Waals surface area contributed by atoms with E-state index < -0.39 is 5.91 Å². The number of amides is 1. The fraction of sp³-hybridized carbons (Fsp3) is 0.583. The van der Waals surface area contributed by atoms with Crippen molar-refractivity contribution in [2.75, 3.05) is 6.61 Å². The van der Waals surface area contributed by atoms with Gasteiger partial charge in [-0.3, -0.25) is 4.79 Å². The molecule has 0 saturated carbocycles. The molecule has 3 N–H and O–H groups in total. The summed E-state index contributed by atoms with van der Waals surface area (Å²) < 4.78 is 5.44. The van der Waals surface area contributed by atoms with Crippen LogP contribution < -0.4 is 5.73 Å². The van der Waals surface area contributed by atoms with Gasteiger partial charge < -0.3 is 15.5 Å². The van der Waals surface area contributed by atoms with Crippen LogP contribution in [0, 0.1) is 0 Å². The molecule has 0 aromatic carbocycles. The van der Waals surface area contributed by atoms with Crippen LogP contribution in [0.3, 0.4) is 0 Å². The number of aromatic amines is 1. The Bertz CT molecular complexity index is 412. The van der Waals surface area contributed by atoms with Crippen molar-refractivity contribution < 1.29 is 9.53 Å². The summed E-state index contributed by atoms with van der Waals surface area (Å²) in [5.41, 5.74) is 5.42. The third-order valence-electron chi connectivity index (χ3n) is 2.40. The molecular formula is C12H20N4O2. The van der Waals surface area contributed by atoms with Crippen molar-refractivity contribution in [3.8, 4) is 0 Å². The number of imidazole rings is 1. The van der Waals surface area contributed by atoms with Crippen molar-refractivity contribution in [1.82, 2.24) is 9.97 Å². The summed E-state index contributed by atoms with van der Waals surface area (Å²) in [5.74, 6) is 0.318. The normalized spacial score (nSPS) is 11.6. The van der Waals surface area contributed by atoms with Crippen molar-refractivity contribution in [2.45, 2.75) is 39.5 Å². The van der Waals surface area contributed by atoms with Gasteiger partial charge in [-0.2, -0.15) is 4.99 Å². The summed E-state index contributed by atoms with van der Waals surface area (Å²) in [7, 11) is 0. The van der Waals surface area contributed by atoms with Crippen LogP contribution in [-0.4, -0.2) is 28.4 Å². The quantitative estimate of drug-likeness (QED) is 0.442. The average molecular weight is 252 g/mol. The molecule has 1 amide bonds. The number of aliphatic imine (C=N–C) groups is 1. The molecule has 100 valence electrons. The number of unbranched alkanes of at least 4 members (excludes halogenated alkanes) is 2. The number of carbonyl (C=O) groups is 1. The molecule has 1 heterocycles. The van der Waals surface area contributed by atoms with Crippen molar-refractivity contribution in [3.63, 3.8) is 0 Å². The molecule has 1 aromatic rings. The summed E-state index contributed by atoms with van der Waals surface area (Å²) in [6, 6.07) is 0. The smallest absolute Gasteiger partial charge is 0.269 e. The molecule has 6 nitrogen and oxygen atoms in total. The number of nitrogens with two attached hydrogens (primary N) is 1. The molecule has 18 heavy (non-hydrogen) atoms. The molecule has 1 rings (SSSR count). The first-order valence-corrected chi connectivity index (χ1v) is 6.22. The first kappa shape index (κ1) is 14.2. The maximum atomic E-state index is 11.1. The van der Waals surface area contributed by atoms with E-state index in [-0.39, 0.29) is 5.69 Å². The lowest BCUT2D eigenvalue weighted by atomic mass is 10.2. The Morgan fingerprint density at radius 3 is 2.89 bits per heavy atom. The van der Waals surface area contributed by atoms with E-state index in [2.05, 4.69) is 21.9 Å². The van der Waals surface area contributed by atoms with Crippen molar-refractivity contribution in [2.24, 2.45) is 10.7 Å². The Labute approximate surface area is 107 Å². The highest BCUT2D eigenvalue weighted by atomic mass is 16.5. The van der Waals surface area contributed by atoms with Crippen LogP contribution in [0.5, 0.6) is 0 Å². The summed E-state index contributed by atoms with van der Waals surface area (Å²) in [6.07, 6.45) is 5.40. The van der Waals surface area contributed by atoms with E-state index in [0.717, 1.165) is 25.7 Å². The van der Waals surface area contributed by atoms with Gasteiger partial charge in [0.2, 0.25) is 0 Å². The second-order valence-electron chi connectivity index (χ2n) is 3.86. The number of carbonyl (C=O) groups excluding carboxylic acids is 1. The molecular weight excluding hydrogens is 232 g/mol. The van der Waals surface area contributed by atoms with Crippen LogP contribution in [0.1, 0.15) is 50.0 Å². The largest absolute Gasteiger partial charge is 0.481 e. The lowest BCUT2D eigenvalue weighted by Gasteiger charge is -2.06. The summed E-state index contributed by atoms with van der Waals surface area (Å²) in [6.45, 7) is 4.58. The molecule has 0 spiro atoms. The Kier molecular flexibility index (Phi) is 5.90. The summed E-state index contributed by atoms with van der Waals surface area (Å²) in [4.78, 5) is 22.0. The monoisotopic (exact) mass is 252 g/mol. The number of nitrogens with zero attached hydrogens (tertiary/aromatic N) is 2. The number of rotatable bonds is 7. The number of primary amides is 1. The van der Waals surface area contributed by atoms with Crippen molar-refractivity contribution >= 4 is 17.6 Å². The Morgan fingerprint density at radius 1 is 1.50 bits per heavy atom. The third-order valence-corrected chi connectivity index (χ3v) is 2.40. The van der Waals surface area contributed by atoms with Gasteiger partial charge in [0, 0.05) is 6.42 Å². The minimum absolute atomic E-state index is 0.211. The molecule has 0 aliphatic carbocycles. The minimum Gasteiger partial charge on any atom is -0.481 e. The van der Waals surface area contributed by atoms with Gasteiger partial charge >= 0.3 is 0 Å². The number of nitrogens with one attached hydrogen (secondary N) is 1. The van der Waals surface area contributed by atoms with Crippen LogP contribution in [0.4, 0.5) is 5.82 Å². The average Bonchev–Trinajstić information content (AvgIpc) is 2.78. The maximum absolute atomic E-state index is 11.1. The zero-order valence-corrected chi connectivity index (χ0v) is 10.9. The molecule has 0 saturated heterocycles. The van der Waals surface area contributed by atoms with Crippen LogP contribution in [0.15, 0.2) is 11.3 Å². The fourth-order valence-electron chi connectivity index (χ4n) is 1.52. The van der Waals surface area contributed by atoms with E-state index in [0.29, 0.717) is 18.3 Å². The van der Waals surface area contributed by atoms with Gasteiger partial charge in [-0.1, -0.05) is 19.8 Å². The lowest BCUT2D eigenvalue weighted by Crippen LogP contribution is -2.12. The molecule has 0 unspecified atom stereocenters. The molecule has 1 aromatic heterocycles. The number of ether oxygens (including phenoxy) is 1. The molecule has 0 bridgehead atoms. The van der Waals surface area contributed by atoms with Crippen LogP contribution >= 0.6 is 0 Å². The first-order chi connectivity index (χ1) is 8.69. The first-order valence-electron chi connectivity index (χ1n) is 6.22. The predicted octanol–water partition coefficient (Wildman–Crippen LogP) is 2.16. The molecule has 6 heteroatoms. The molecule has 0 radical (unpaired) electrons. The number of hydrogen-bond donors (Lipinski definition) is 2. The van der Waals surface area contributed by atoms with E-state index in [1.165, 1.54) is 6.33 Å². The SMILES string of the molecule is CCCCC/C(=N/c1nc[nH]c1C(N)=O)OCC. The maximum Gasteiger partial charge on any atom is 0.269 e. The molecule has 0 aliphatic heterocycles. The number of H-pyrrole nitrogens is 1. The van der Waals surface area contributed by atoms with Gasteiger partial charge in [-0.25, -0.2) is 4.98 Å². The van der Waals surface area contributed by atoms with Gasteiger partial charge in [0.25, 0.3) is 5.91 Å². The van der Waals surface area contributed by atoms with E-state index in [1.807, 2.05) is 6.92 Å². The lowest BCUT2D eigenvalue weighted by molar-refractivity contribution is 0.0997. The zero-order valence-electron chi connectivity index (χ0n) is 10.9. The standard InChI is InChI=1S/C12H20N4O2/c1-3-5-6-7-9(18-4-2)16-12-10(11(13)17)14-8-15-12/h8H,3-7H2,1-2H3,(H2,13,17)(H,14,15)/b16-9-. The van der Waals surface area contributed by atoms with Crippen LogP contribution in [0.25, 0.3) is 0 Å². The molecule has 0 atom stereocenters. The fourth-order valence-corrected chi connectivity index (χ4v) is 1.52. The van der Waals surface area contributed by atoms with E-state index >= 15 is 0 Å². The predicted molar refractivity (Wildman–Crippen MR) is 70.0 cm³/mol. The van der Waals surface area contributed by atoms with E-state index in [9.17, 15) is 4.79 Å². The highest BCUT2D eigenvalue weighted by Gasteiger charge is 2.11.